The van der Waals surface area contributed by atoms with Gasteiger partial charge in [-0.1, -0.05) is 45.4 Å². The van der Waals surface area contributed by atoms with Crippen molar-refractivity contribution in [3.05, 3.63) is 18.0 Å². The van der Waals surface area contributed by atoms with Gasteiger partial charge in [-0.3, -0.25) is 4.68 Å². The molecule has 19 heavy (non-hydrogen) atoms. The van der Waals surface area contributed by atoms with Crippen LogP contribution in [0.15, 0.2) is 12.3 Å². The Morgan fingerprint density at radius 1 is 1.32 bits per heavy atom. The molecule has 1 aromatic rings. The van der Waals surface area contributed by atoms with Crippen molar-refractivity contribution in [3.8, 4) is 0 Å². The van der Waals surface area contributed by atoms with Crippen LogP contribution in [0, 0.1) is 5.92 Å². The van der Waals surface area contributed by atoms with Crippen LogP contribution in [0.2, 0.25) is 0 Å². The molecule has 1 aromatic heterocycles. The van der Waals surface area contributed by atoms with E-state index in [0.29, 0.717) is 6.04 Å². The van der Waals surface area contributed by atoms with Crippen molar-refractivity contribution in [2.45, 2.75) is 64.3 Å². The smallest absolute Gasteiger partial charge is 0.0793 e. The first-order chi connectivity index (χ1) is 9.29. The molecule has 3 heteroatoms. The van der Waals surface area contributed by atoms with Crippen LogP contribution in [0.4, 0.5) is 0 Å². The summed E-state index contributed by atoms with van der Waals surface area (Å²) in [4.78, 5) is 0. The van der Waals surface area contributed by atoms with Crippen molar-refractivity contribution < 1.29 is 0 Å². The fourth-order valence-electron chi connectivity index (χ4n) is 3.18. The molecule has 0 saturated heterocycles. The van der Waals surface area contributed by atoms with Crippen LogP contribution in [0.5, 0.6) is 0 Å². The lowest BCUT2D eigenvalue weighted by Gasteiger charge is -2.22. The van der Waals surface area contributed by atoms with Crippen molar-refractivity contribution in [1.82, 2.24) is 15.1 Å². The highest BCUT2D eigenvalue weighted by atomic mass is 15.3. The minimum absolute atomic E-state index is 0.448. The van der Waals surface area contributed by atoms with Crippen LogP contribution in [-0.4, -0.2) is 16.3 Å². The quantitative estimate of drug-likeness (QED) is 0.791. The van der Waals surface area contributed by atoms with Gasteiger partial charge in [0, 0.05) is 13.2 Å². The van der Waals surface area contributed by atoms with E-state index in [1.165, 1.54) is 57.1 Å². The minimum atomic E-state index is 0.448. The van der Waals surface area contributed by atoms with Crippen molar-refractivity contribution in [2.75, 3.05) is 6.54 Å². The SMILES string of the molecule is CCCNC(CC1CCCCCC1)c1ccn(C)n1. The molecule has 1 N–H and O–H groups in total. The molecule has 1 aliphatic rings. The summed E-state index contributed by atoms with van der Waals surface area (Å²) in [6.45, 7) is 3.32. The zero-order valence-corrected chi connectivity index (χ0v) is 12.6. The van der Waals surface area contributed by atoms with E-state index in [0.717, 1.165) is 12.5 Å². The first kappa shape index (κ1) is 14.6. The maximum atomic E-state index is 4.61. The van der Waals surface area contributed by atoms with Crippen LogP contribution in [-0.2, 0) is 7.05 Å². The van der Waals surface area contributed by atoms with Gasteiger partial charge in [-0.05, 0) is 31.4 Å². The van der Waals surface area contributed by atoms with Gasteiger partial charge in [0.05, 0.1) is 11.7 Å². The van der Waals surface area contributed by atoms with Crippen LogP contribution in [0.25, 0.3) is 0 Å². The van der Waals surface area contributed by atoms with Crippen LogP contribution in [0.3, 0.4) is 0 Å². The average molecular weight is 263 g/mol. The van der Waals surface area contributed by atoms with Gasteiger partial charge in [0.25, 0.3) is 0 Å². The molecule has 0 aromatic carbocycles. The van der Waals surface area contributed by atoms with E-state index in [4.69, 9.17) is 0 Å². The molecule has 0 spiro atoms. The first-order valence-electron chi connectivity index (χ1n) is 8.02. The van der Waals surface area contributed by atoms with E-state index in [1.807, 2.05) is 11.7 Å². The van der Waals surface area contributed by atoms with Crippen LogP contribution >= 0.6 is 0 Å². The Labute approximate surface area is 117 Å². The zero-order valence-electron chi connectivity index (χ0n) is 12.6. The Bertz CT molecular complexity index is 351. The van der Waals surface area contributed by atoms with E-state index < -0.39 is 0 Å². The summed E-state index contributed by atoms with van der Waals surface area (Å²) in [6, 6.07) is 2.62. The molecule has 0 radical (unpaired) electrons. The number of nitrogens with one attached hydrogen (secondary N) is 1. The molecule has 108 valence electrons. The second-order valence-corrected chi connectivity index (χ2v) is 6.01. The lowest BCUT2D eigenvalue weighted by Crippen LogP contribution is -2.25. The Morgan fingerprint density at radius 2 is 2.05 bits per heavy atom. The second-order valence-electron chi connectivity index (χ2n) is 6.01. The number of aromatic nitrogens is 2. The largest absolute Gasteiger partial charge is 0.309 e. The monoisotopic (exact) mass is 263 g/mol. The molecular weight excluding hydrogens is 234 g/mol. The molecule has 1 atom stereocenters. The van der Waals surface area contributed by atoms with E-state index in [1.54, 1.807) is 0 Å². The maximum Gasteiger partial charge on any atom is 0.0793 e. The highest BCUT2D eigenvalue weighted by molar-refractivity contribution is 5.05. The van der Waals surface area contributed by atoms with Gasteiger partial charge in [0.1, 0.15) is 0 Å². The summed E-state index contributed by atoms with van der Waals surface area (Å²) in [7, 11) is 2.01. The predicted molar refractivity (Wildman–Crippen MR) is 80.1 cm³/mol. The third-order valence-electron chi connectivity index (χ3n) is 4.28. The second kappa shape index (κ2) is 7.68. The molecule has 0 amide bonds. The Hall–Kier alpha value is -0.830. The molecule has 2 rings (SSSR count). The summed E-state index contributed by atoms with van der Waals surface area (Å²) in [5, 5.41) is 8.30. The summed E-state index contributed by atoms with van der Waals surface area (Å²) in [6.07, 6.45) is 13.1. The summed E-state index contributed by atoms with van der Waals surface area (Å²) >= 11 is 0. The van der Waals surface area contributed by atoms with Gasteiger partial charge in [-0.25, -0.2) is 0 Å². The van der Waals surface area contributed by atoms with Crippen molar-refractivity contribution in [2.24, 2.45) is 13.0 Å². The van der Waals surface area contributed by atoms with Gasteiger partial charge in [0.15, 0.2) is 0 Å². The van der Waals surface area contributed by atoms with Gasteiger partial charge in [-0.2, -0.15) is 5.10 Å². The van der Waals surface area contributed by atoms with Gasteiger partial charge in [-0.15, -0.1) is 0 Å². The highest BCUT2D eigenvalue weighted by Crippen LogP contribution is 2.30. The van der Waals surface area contributed by atoms with Crippen molar-refractivity contribution in [3.63, 3.8) is 0 Å². The molecule has 1 heterocycles. The molecule has 1 unspecified atom stereocenters. The first-order valence-corrected chi connectivity index (χ1v) is 8.02. The van der Waals surface area contributed by atoms with E-state index in [9.17, 15) is 0 Å². The number of hydrogen-bond acceptors (Lipinski definition) is 2. The third-order valence-corrected chi connectivity index (χ3v) is 4.28. The zero-order chi connectivity index (χ0) is 13.5. The number of aryl methyl sites for hydroxylation is 1. The number of rotatable bonds is 6. The summed E-state index contributed by atoms with van der Waals surface area (Å²) in [5.41, 5.74) is 1.22. The standard InChI is InChI=1S/C16H29N3/c1-3-11-17-16(15-10-12-19(2)18-15)13-14-8-6-4-5-7-9-14/h10,12,14,16-17H,3-9,11,13H2,1-2H3. The molecule has 1 fully saturated rings. The lowest BCUT2D eigenvalue weighted by molar-refractivity contribution is 0.351. The number of nitrogens with zero attached hydrogens (tertiary/aromatic N) is 2. The van der Waals surface area contributed by atoms with Crippen molar-refractivity contribution in [1.29, 1.82) is 0 Å². The van der Waals surface area contributed by atoms with Gasteiger partial charge < -0.3 is 5.32 Å². The third kappa shape index (κ3) is 4.64. The fourth-order valence-corrected chi connectivity index (χ4v) is 3.18. The molecular formula is C16H29N3. The highest BCUT2D eigenvalue weighted by Gasteiger charge is 2.20. The Morgan fingerprint density at radius 3 is 2.63 bits per heavy atom. The van der Waals surface area contributed by atoms with E-state index in [2.05, 4.69) is 29.6 Å². The Balaban J connectivity index is 1.96. The minimum Gasteiger partial charge on any atom is -0.309 e. The predicted octanol–water partition coefficient (Wildman–Crippen LogP) is 3.82. The number of hydrogen-bond donors (Lipinski definition) is 1. The van der Waals surface area contributed by atoms with E-state index in [-0.39, 0.29) is 0 Å². The average Bonchev–Trinajstić information content (AvgIpc) is 2.68. The van der Waals surface area contributed by atoms with Gasteiger partial charge in [0.2, 0.25) is 0 Å². The summed E-state index contributed by atoms with van der Waals surface area (Å²) in [5.74, 6) is 0.888. The topological polar surface area (TPSA) is 29.9 Å². The molecule has 1 aliphatic carbocycles. The summed E-state index contributed by atoms with van der Waals surface area (Å²) < 4.78 is 1.92. The normalized spacial score (nSPS) is 19.3. The molecule has 0 bridgehead atoms. The Kier molecular flexibility index (Phi) is 5.90. The van der Waals surface area contributed by atoms with Crippen molar-refractivity contribution >= 4 is 0 Å². The van der Waals surface area contributed by atoms with Crippen LogP contribution in [0.1, 0.15) is 70.0 Å². The molecule has 0 aliphatic heterocycles. The van der Waals surface area contributed by atoms with Gasteiger partial charge >= 0.3 is 0 Å². The fraction of sp³-hybridized carbons (Fsp3) is 0.812. The lowest BCUT2D eigenvalue weighted by atomic mass is 9.91. The van der Waals surface area contributed by atoms with Crippen LogP contribution < -0.4 is 5.32 Å². The maximum absolute atomic E-state index is 4.61. The molecule has 3 nitrogen and oxygen atoms in total. The molecule has 1 saturated carbocycles. The van der Waals surface area contributed by atoms with E-state index >= 15 is 0 Å².